The van der Waals surface area contributed by atoms with E-state index in [0.29, 0.717) is 6.54 Å². The third kappa shape index (κ3) is 3.15. The van der Waals surface area contributed by atoms with Crippen molar-refractivity contribution in [1.29, 1.82) is 0 Å². The Morgan fingerprint density at radius 2 is 2.29 bits per heavy atom. The monoisotopic (exact) mass is 251 g/mol. The predicted octanol–water partition coefficient (Wildman–Crippen LogP) is 2.14. The molecule has 0 aliphatic carbocycles. The third-order valence-corrected chi connectivity index (χ3v) is 3.26. The molecule has 2 N–H and O–H groups in total. The second-order valence-electron chi connectivity index (χ2n) is 4.15. The molecule has 0 unspecified atom stereocenters. The Morgan fingerprint density at radius 3 is 2.88 bits per heavy atom. The first-order chi connectivity index (χ1) is 8.19. The molecule has 2 aromatic rings. The van der Waals surface area contributed by atoms with Crippen LogP contribution in [0.2, 0.25) is 0 Å². The van der Waals surface area contributed by atoms with Gasteiger partial charge >= 0.3 is 0 Å². The van der Waals surface area contributed by atoms with E-state index in [4.69, 9.17) is 10.2 Å². The maximum absolute atomic E-state index is 5.56. The minimum atomic E-state index is 0.455. The lowest BCUT2D eigenvalue weighted by molar-refractivity contribution is 0.313. The number of rotatable bonds is 5. The van der Waals surface area contributed by atoms with E-state index in [9.17, 15) is 0 Å². The van der Waals surface area contributed by atoms with Crippen molar-refractivity contribution in [1.82, 2.24) is 9.88 Å². The van der Waals surface area contributed by atoms with Crippen molar-refractivity contribution >= 4 is 11.3 Å². The van der Waals surface area contributed by atoms with Gasteiger partial charge in [-0.2, -0.15) is 0 Å². The molecule has 2 heterocycles. The van der Waals surface area contributed by atoms with Crippen molar-refractivity contribution in [2.75, 3.05) is 7.05 Å². The summed E-state index contributed by atoms with van der Waals surface area (Å²) in [5.74, 6) is 1.80. The lowest BCUT2D eigenvalue weighted by atomic mass is 10.2. The van der Waals surface area contributed by atoms with Gasteiger partial charge in [-0.3, -0.25) is 4.90 Å². The average molecular weight is 251 g/mol. The highest BCUT2D eigenvalue weighted by atomic mass is 32.1. The summed E-state index contributed by atoms with van der Waals surface area (Å²) in [6.07, 6.45) is 0. The van der Waals surface area contributed by atoms with E-state index in [-0.39, 0.29) is 0 Å². The van der Waals surface area contributed by atoms with E-state index in [1.807, 2.05) is 18.5 Å². The quantitative estimate of drug-likeness (QED) is 0.884. The highest BCUT2D eigenvalue weighted by Gasteiger charge is 2.09. The number of nitrogens with two attached hydrogens (primary N) is 1. The van der Waals surface area contributed by atoms with Crippen molar-refractivity contribution in [3.63, 3.8) is 0 Å². The van der Waals surface area contributed by atoms with Crippen LogP contribution in [-0.4, -0.2) is 16.9 Å². The zero-order chi connectivity index (χ0) is 12.3. The van der Waals surface area contributed by atoms with Gasteiger partial charge in [0.25, 0.3) is 0 Å². The molecule has 92 valence electrons. The molecule has 0 bridgehead atoms. The molecule has 17 heavy (non-hydrogen) atoms. The van der Waals surface area contributed by atoms with Crippen molar-refractivity contribution in [3.8, 4) is 0 Å². The molecule has 0 radical (unpaired) electrons. The number of furan rings is 1. The fourth-order valence-electron chi connectivity index (χ4n) is 1.78. The van der Waals surface area contributed by atoms with E-state index in [1.54, 1.807) is 11.3 Å². The van der Waals surface area contributed by atoms with Crippen LogP contribution in [0.5, 0.6) is 0 Å². The number of hydrogen-bond donors (Lipinski definition) is 1. The van der Waals surface area contributed by atoms with Crippen LogP contribution in [0.4, 0.5) is 0 Å². The minimum Gasteiger partial charge on any atom is -0.465 e. The van der Waals surface area contributed by atoms with Crippen LogP contribution in [0.15, 0.2) is 21.4 Å². The first kappa shape index (κ1) is 12.3. The van der Waals surface area contributed by atoms with Gasteiger partial charge in [0.15, 0.2) is 0 Å². The molecule has 0 aromatic carbocycles. The number of aromatic nitrogens is 1. The molecule has 5 heteroatoms. The standard InChI is InChI=1S/C12H17N3OS/c1-9-10(3-12(4-13)16-9)5-15(2)6-11-7-17-8-14-11/h3,7-8H,4-6,13H2,1-2H3. The van der Waals surface area contributed by atoms with Gasteiger partial charge in [0, 0.05) is 24.0 Å². The van der Waals surface area contributed by atoms with Gasteiger partial charge in [-0.15, -0.1) is 11.3 Å². The molecule has 0 fully saturated rings. The van der Waals surface area contributed by atoms with Gasteiger partial charge in [-0.1, -0.05) is 0 Å². The van der Waals surface area contributed by atoms with Crippen molar-refractivity contribution in [3.05, 3.63) is 39.7 Å². The van der Waals surface area contributed by atoms with E-state index in [1.165, 1.54) is 5.56 Å². The van der Waals surface area contributed by atoms with Gasteiger partial charge in [0.2, 0.25) is 0 Å². The fraction of sp³-hybridized carbons (Fsp3) is 0.417. The highest BCUT2D eigenvalue weighted by Crippen LogP contribution is 2.16. The molecule has 0 atom stereocenters. The Morgan fingerprint density at radius 1 is 1.47 bits per heavy atom. The summed E-state index contributed by atoms with van der Waals surface area (Å²) >= 11 is 1.63. The fourth-order valence-corrected chi connectivity index (χ4v) is 2.33. The molecule has 0 amide bonds. The van der Waals surface area contributed by atoms with Crippen LogP contribution in [0.1, 0.15) is 22.8 Å². The topological polar surface area (TPSA) is 55.3 Å². The summed E-state index contributed by atoms with van der Waals surface area (Å²) in [5, 5.41) is 2.07. The molecule has 0 spiro atoms. The first-order valence-corrected chi connectivity index (χ1v) is 6.47. The van der Waals surface area contributed by atoms with Crippen LogP contribution in [0.25, 0.3) is 0 Å². The van der Waals surface area contributed by atoms with E-state index >= 15 is 0 Å². The predicted molar refractivity (Wildman–Crippen MR) is 68.6 cm³/mol. The normalized spacial score (nSPS) is 11.3. The summed E-state index contributed by atoms with van der Waals surface area (Å²) in [7, 11) is 2.08. The zero-order valence-corrected chi connectivity index (χ0v) is 11.0. The SMILES string of the molecule is Cc1oc(CN)cc1CN(C)Cc1cscn1. The van der Waals surface area contributed by atoms with E-state index in [0.717, 1.165) is 30.3 Å². The maximum atomic E-state index is 5.56. The maximum Gasteiger partial charge on any atom is 0.118 e. The average Bonchev–Trinajstić information content (AvgIpc) is 2.89. The Kier molecular flexibility index (Phi) is 3.93. The minimum absolute atomic E-state index is 0.455. The summed E-state index contributed by atoms with van der Waals surface area (Å²) < 4.78 is 5.53. The lowest BCUT2D eigenvalue weighted by Gasteiger charge is -2.14. The second-order valence-corrected chi connectivity index (χ2v) is 4.87. The Balaban J connectivity index is 1.97. The molecule has 0 aliphatic heterocycles. The Hall–Kier alpha value is -1.17. The Bertz CT molecular complexity index is 464. The van der Waals surface area contributed by atoms with Crippen molar-refractivity contribution in [2.24, 2.45) is 5.73 Å². The molecular weight excluding hydrogens is 234 g/mol. The molecule has 4 nitrogen and oxygen atoms in total. The van der Waals surface area contributed by atoms with Gasteiger partial charge < -0.3 is 10.2 Å². The van der Waals surface area contributed by atoms with Crippen LogP contribution in [-0.2, 0) is 19.6 Å². The first-order valence-electron chi connectivity index (χ1n) is 5.53. The molecule has 0 saturated carbocycles. The highest BCUT2D eigenvalue weighted by molar-refractivity contribution is 7.07. The third-order valence-electron chi connectivity index (χ3n) is 2.63. The van der Waals surface area contributed by atoms with E-state index < -0.39 is 0 Å². The van der Waals surface area contributed by atoms with Crippen LogP contribution in [0, 0.1) is 6.92 Å². The van der Waals surface area contributed by atoms with Gasteiger partial charge in [-0.05, 0) is 20.0 Å². The number of thiazole rings is 1. The summed E-state index contributed by atoms with van der Waals surface area (Å²) in [6, 6.07) is 2.03. The summed E-state index contributed by atoms with van der Waals surface area (Å²) in [6.45, 7) is 4.14. The largest absolute Gasteiger partial charge is 0.465 e. The van der Waals surface area contributed by atoms with Crippen molar-refractivity contribution < 1.29 is 4.42 Å². The van der Waals surface area contributed by atoms with Crippen LogP contribution in [0.3, 0.4) is 0 Å². The molecule has 2 rings (SSSR count). The van der Waals surface area contributed by atoms with Crippen LogP contribution >= 0.6 is 11.3 Å². The van der Waals surface area contributed by atoms with Gasteiger partial charge in [0.05, 0.1) is 17.7 Å². The number of nitrogens with zero attached hydrogens (tertiary/aromatic N) is 2. The molecular formula is C12H17N3OS. The zero-order valence-electron chi connectivity index (χ0n) is 10.1. The molecule has 0 saturated heterocycles. The summed E-state index contributed by atoms with van der Waals surface area (Å²) in [5.41, 5.74) is 9.72. The smallest absolute Gasteiger partial charge is 0.118 e. The van der Waals surface area contributed by atoms with Crippen molar-refractivity contribution in [2.45, 2.75) is 26.6 Å². The van der Waals surface area contributed by atoms with E-state index in [2.05, 4.69) is 22.3 Å². The summed E-state index contributed by atoms with van der Waals surface area (Å²) in [4.78, 5) is 6.49. The molecule has 0 aliphatic rings. The number of aryl methyl sites for hydroxylation is 1. The molecule has 2 aromatic heterocycles. The lowest BCUT2D eigenvalue weighted by Crippen LogP contribution is -2.17. The van der Waals surface area contributed by atoms with Gasteiger partial charge in [-0.25, -0.2) is 4.98 Å². The second kappa shape index (κ2) is 5.44. The van der Waals surface area contributed by atoms with Crippen LogP contribution < -0.4 is 5.73 Å². The number of hydrogen-bond acceptors (Lipinski definition) is 5. The van der Waals surface area contributed by atoms with Gasteiger partial charge in [0.1, 0.15) is 11.5 Å². The Labute approximate surface area is 105 Å².